The van der Waals surface area contributed by atoms with E-state index < -0.39 is 23.4 Å². The number of fused-ring (bicyclic) bond motifs is 1. The highest BCUT2D eigenvalue weighted by Crippen LogP contribution is 2.28. The van der Waals surface area contributed by atoms with E-state index in [0.29, 0.717) is 30.0 Å². The third-order valence-electron chi connectivity index (χ3n) is 6.47. The van der Waals surface area contributed by atoms with Gasteiger partial charge in [0.25, 0.3) is 0 Å². The van der Waals surface area contributed by atoms with Crippen molar-refractivity contribution in [3.05, 3.63) is 112 Å². The molecule has 41 heavy (non-hydrogen) atoms. The summed E-state index contributed by atoms with van der Waals surface area (Å²) >= 11 is 5.78. The number of ether oxygens (including phenoxy) is 2. The zero-order valence-corrected chi connectivity index (χ0v) is 22.5. The Labute approximate surface area is 237 Å². The highest BCUT2D eigenvalue weighted by atomic mass is 35.5. The van der Waals surface area contributed by atoms with Gasteiger partial charge in [-0.05, 0) is 54.1 Å². The number of rotatable bonds is 10. The van der Waals surface area contributed by atoms with Gasteiger partial charge in [-0.1, -0.05) is 23.7 Å². The van der Waals surface area contributed by atoms with Crippen LogP contribution < -0.4 is 4.74 Å². The first-order valence-electron chi connectivity index (χ1n) is 12.5. The van der Waals surface area contributed by atoms with Crippen LogP contribution in [-0.2, 0) is 24.3 Å². The van der Waals surface area contributed by atoms with Crippen molar-refractivity contribution in [3.63, 3.8) is 0 Å². The second-order valence-corrected chi connectivity index (χ2v) is 9.60. The van der Waals surface area contributed by atoms with Crippen LogP contribution in [0.3, 0.4) is 0 Å². The van der Waals surface area contributed by atoms with E-state index in [4.69, 9.17) is 21.1 Å². The van der Waals surface area contributed by atoms with Crippen molar-refractivity contribution in [2.24, 2.45) is 0 Å². The quantitative estimate of drug-likeness (QED) is 0.198. The van der Waals surface area contributed by atoms with Gasteiger partial charge in [-0.3, -0.25) is 0 Å². The van der Waals surface area contributed by atoms with Crippen molar-refractivity contribution < 1.29 is 32.5 Å². The lowest BCUT2D eigenvalue weighted by Crippen LogP contribution is -2.10. The molecule has 5 aromatic rings. The van der Waals surface area contributed by atoms with E-state index in [1.165, 1.54) is 49.6 Å². The number of hydrogen-bond acceptors (Lipinski definition) is 5. The van der Waals surface area contributed by atoms with Crippen LogP contribution >= 0.6 is 11.6 Å². The normalized spacial score (nSPS) is 11.2. The molecule has 0 aliphatic carbocycles. The molecule has 0 spiro atoms. The third kappa shape index (κ3) is 6.18. The van der Waals surface area contributed by atoms with E-state index in [9.17, 15) is 14.3 Å². The molecule has 0 amide bonds. The fourth-order valence-electron chi connectivity index (χ4n) is 4.40. The average Bonchev–Trinajstić information content (AvgIpc) is 3.29. The summed E-state index contributed by atoms with van der Waals surface area (Å²) in [6.07, 6.45) is -0.0485. The Bertz CT molecular complexity index is 1760. The van der Waals surface area contributed by atoms with Crippen molar-refractivity contribution in [1.82, 2.24) is 14.5 Å². The van der Waals surface area contributed by atoms with Gasteiger partial charge in [-0.25, -0.2) is 27.9 Å². The van der Waals surface area contributed by atoms with Crippen LogP contribution in [0.4, 0.5) is 13.2 Å². The molecule has 0 atom stereocenters. The molecular weight excluding hydrogens is 559 g/mol. The molecule has 0 fully saturated rings. The number of hydrogen-bond donors (Lipinski definition) is 1. The Morgan fingerprint density at radius 2 is 1.76 bits per heavy atom. The Balaban J connectivity index is 1.41. The molecule has 0 saturated heterocycles. The summed E-state index contributed by atoms with van der Waals surface area (Å²) in [5, 5.41) is 9.64. The predicted octanol–water partition coefficient (Wildman–Crippen LogP) is 6.68. The second kappa shape index (κ2) is 12.0. The van der Waals surface area contributed by atoms with E-state index in [1.54, 1.807) is 16.7 Å². The van der Waals surface area contributed by atoms with Crippen LogP contribution in [0.15, 0.2) is 66.7 Å². The SMILES string of the molecule is COCCn1c(Cc2cc(F)c(-c3cccc(OCc4ccc(Cl)cc4F)n3)cc2F)nc2ccc(C(=O)O)cc21. The Morgan fingerprint density at radius 1 is 0.951 bits per heavy atom. The Hall–Kier alpha value is -4.41. The number of methoxy groups -OCH3 is 1. The minimum atomic E-state index is -1.09. The molecule has 2 aromatic heterocycles. The monoisotopic (exact) mass is 581 g/mol. The molecule has 0 unspecified atom stereocenters. The van der Waals surface area contributed by atoms with Crippen LogP contribution in [0.1, 0.15) is 27.3 Å². The summed E-state index contributed by atoms with van der Waals surface area (Å²) < 4.78 is 57.2. The summed E-state index contributed by atoms with van der Waals surface area (Å²) in [5.74, 6) is -2.47. The number of benzene rings is 3. The molecule has 1 N–H and O–H groups in total. The molecule has 0 radical (unpaired) electrons. The van der Waals surface area contributed by atoms with E-state index >= 15 is 8.78 Å². The Kier molecular flexibility index (Phi) is 8.23. The van der Waals surface area contributed by atoms with Crippen molar-refractivity contribution in [1.29, 1.82) is 0 Å². The Morgan fingerprint density at radius 3 is 2.51 bits per heavy atom. The summed E-state index contributed by atoms with van der Waals surface area (Å²) in [5.41, 5.74) is 1.54. The number of imidazole rings is 1. The lowest BCUT2D eigenvalue weighted by Gasteiger charge is -2.12. The van der Waals surface area contributed by atoms with Gasteiger partial charge in [0.05, 0.1) is 28.9 Å². The van der Waals surface area contributed by atoms with Gasteiger partial charge in [0.1, 0.15) is 29.9 Å². The smallest absolute Gasteiger partial charge is 0.335 e. The van der Waals surface area contributed by atoms with Crippen LogP contribution in [-0.4, -0.2) is 39.3 Å². The zero-order chi connectivity index (χ0) is 29.1. The molecule has 0 bridgehead atoms. The minimum Gasteiger partial charge on any atom is -0.478 e. The minimum absolute atomic E-state index is 0.0485. The van der Waals surface area contributed by atoms with Crippen LogP contribution in [0.2, 0.25) is 5.02 Å². The molecule has 210 valence electrons. The maximum Gasteiger partial charge on any atom is 0.335 e. The number of carboxylic acids is 1. The molecule has 5 rings (SSSR count). The van der Waals surface area contributed by atoms with Crippen molar-refractivity contribution in [2.45, 2.75) is 19.6 Å². The number of carboxylic acid groups (broad SMARTS) is 1. The number of halogens is 4. The van der Waals surface area contributed by atoms with Crippen LogP contribution in [0.25, 0.3) is 22.3 Å². The summed E-state index contributed by atoms with van der Waals surface area (Å²) in [4.78, 5) is 20.3. The van der Waals surface area contributed by atoms with E-state index in [0.717, 1.165) is 12.1 Å². The summed E-state index contributed by atoms with van der Waals surface area (Å²) in [6, 6.07) is 15.5. The fourth-order valence-corrected chi connectivity index (χ4v) is 4.56. The number of carbonyl (C=O) groups is 1. The summed E-state index contributed by atoms with van der Waals surface area (Å²) in [7, 11) is 1.53. The molecular formula is C30H23ClF3N3O4. The average molecular weight is 582 g/mol. The zero-order valence-electron chi connectivity index (χ0n) is 21.7. The maximum atomic E-state index is 15.3. The number of pyridine rings is 1. The lowest BCUT2D eigenvalue weighted by atomic mass is 10.0. The second-order valence-electron chi connectivity index (χ2n) is 9.17. The predicted molar refractivity (Wildman–Crippen MR) is 147 cm³/mol. The largest absolute Gasteiger partial charge is 0.478 e. The van der Waals surface area contributed by atoms with Gasteiger partial charge in [0.15, 0.2) is 0 Å². The third-order valence-corrected chi connectivity index (χ3v) is 6.70. The topological polar surface area (TPSA) is 86.5 Å². The number of nitrogens with zero attached hydrogens (tertiary/aromatic N) is 3. The highest BCUT2D eigenvalue weighted by molar-refractivity contribution is 6.30. The van der Waals surface area contributed by atoms with Crippen molar-refractivity contribution in [2.75, 3.05) is 13.7 Å². The lowest BCUT2D eigenvalue weighted by molar-refractivity contribution is 0.0697. The number of aromatic carboxylic acids is 1. The molecule has 0 aliphatic heterocycles. The molecule has 3 aromatic carbocycles. The standard InChI is InChI=1S/C30H23ClF3N3O4/c1-40-10-9-37-27-12-17(30(38)39)6-8-26(27)35-28(37)13-19-11-24(34)21(15-23(19)33)25-3-2-4-29(36-25)41-16-18-5-7-20(31)14-22(18)32/h2-8,11-12,14-15H,9-10,13,16H2,1H3,(H,38,39). The molecule has 0 saturated carbocycles. The van der Waals surface area contributed by atoms with Gasteiger partial charge >= 0.3 is 5.97 Å². The number of aromatic nitrogens is 3. The van der Waals surface area contributed by atoms with Crippen LogP contribution in [0.5, 0.6) is 5.88 Å². The first kappa shape index (κ1) is 28.1. The van der Waals surface area contributed by atoms with Crippen LogP contribution in [0, 0.1) is 17.5 Å². The van der Waals surface area contributed by atoms with E-state index in [2.05, 4.69) is 9.97 Å². The van der Waals surface area contributed by atoms with Gasteiger partial charge in [-0.2, -0.15) is 0 Å². The van der Waals surface area contributed by atoms with Crippen molar-refractivity contribution >= 4 is 28.6 Å². The fraction of sp³-hybridized carbons (Fsp3) is 0.167. The molecule has 11 heteroatoms. The highest BCUT2D eigenvalue weighted by Gasteiger charge is 2.18. The van der Waals surface area contributed by atoms with Gasteiger partial charge in [0, 0.05) is 42.3 Å². The first-order chi connectivity index (χ1) is 19.7. The van der Waals surface area contributed by atoms with Crippen molar-refractivity contribution in [3.8, 4) is 17.1 Å². The van der Waals surface area contributed by atoms with Gasteiger partial charge in [-0.15, -0.1) is 0 Å². The van der Waals surface area contributed by atoms with Gasteiger partial charge in [0.2, 0.25) is 5.88 Å². The summed E-state index contributed by atoms with van der Waals surface area (Å²) in [6.45, 7) is 0.512. The molecule has 7 nitrogen and oxygen atoms in total. The van der Waals surface area contributed by atoms with E-state index in [-0.39, 0.29) is 51.9 Å². The van der Waals surface area contributed by atoms with E-state index in [1.807, 2.05) is 0 Å². The van der Waals surface area contributed by atoms with Gasteiger partial charge < -0.3 is 19.1 Å². The molecule has 0 aliphatic rings. The maximum absolute atomic E-state index is 15.3. The first-order valence-corrected chi connectivity index (χ1v) is 12.8. The molecule has 2 heterocycles.